The quantitative estimate of drug-likeness (QED) is 0.767. The normalized spacial score (nSPS) is 11.1. The lowest BCUT2D eigenvalue weighted by molar-refractivity contribution is 0.327. The van der Waals surface area contributed by atoms with Gasteiger partial charge < -0.3 is 8.92 Å². The summed E-state index contributed by atoms with van der Waals surface area (Å²) in [5.41, 5.74) is 0. The molecule has 0 saturated heterocycles. The molecule has 2 rings (SSSR count). The minimum atomic E-state index is -3.89. The van der Waals surface area contributed by atoms with E-state index < -0.39 is 10.1 Å². The summed E-state index contributed by atoms with van der Waals surface area (Å²) in [6.45, 7) is 2.25. The zero-order valence-corrected chi connectivity index (χ0v) is 13.1. The van der Waals surface area contributed by atoms with Crippen LogP contribution in [0.1, 0.15) is 6.92 Å². The number of halogens is 1. The Hall–Kier alpha value is -1.53. The molecule has 0 radical (unpaired) electrons. The molecule has 0 saturated carbocycles. The van der Waals surface area contributed by atoms with E-state index in [0.29, 0.717) is 16.8 Å². The van der Waals surface area contributed by atoms with Gasteiger partial charge in [-0.2, -0.15) is 8.42 Å². The predicted molar refractivity (Wildman–Crippen MR) is 79.6 cm³/mol. The highest BCUT2D eigenvalue weighted by Gasteiger charge is 2.19. The molecule has 0 atom stereocenters. The van der Waals surface area contributed by atoms with E-state index in [1.807, 2.05) is 6.92 Å². The fourth-order valence-corrected chi connectivity index (χ4v) is 3.12. The van der Waals surface area contributed by atoms with Crippen molar-refractivity contribution in [3.8, 4) is 11.5 Å². The van der Waals surface area contributed by atoms with Crippen LogP contribution in [0.25, 0.3) is 0 Å². The van der Waals surface area contributed by atoms with Gasteiger partial charge in [-0.3, -0.25) is 0 Å². The summed E-state index contributed by atoms with van der Waals surface area (Å²) in [7, 11) is -3.89. The molecule has 0 bridgehead atoms. The molecule has 0 fully saturated rings. The van der Waals surface area contributed by atoms with Gasteiger partial charge in [-0.1, -0.05) is 34.1 Å². The standard InChI is InChI=1S/C14H13BrO4S/c1-2-18-13-8-3-4-9-14(13)19-20(16,17)12-7-5-6-11(15)10-12/h3-10H,2H2,1H3. The average Bonchev–Trinajstić information content (AvgIpc) is 2.41. The molecule has 6 heteroatoms. The fraction of sp³-hybridized carbons (Fsp3) is 0.143. The fourth-order valence-electron chi connectivity index (χ4n) is 1.58. The number of rotatable bonds is 5. The summed E-state index contributed by atoms with van der Waals surface area (Å²) in [6.07, 6.45) is 0. The minimum absolute atomic E-state index is 0.0816. The molecule has 0 spiro atoms. The van der Waals surface area contributed by atoms with Crippen molar-refractivity contribution >= 4 is 26.0 Å². The summed E-state index contributed by atoms with van der Waals surface area (Å²) in [4.78, 5) is 0.0816. The second-order valence-corrected chi connectivity index (χ2v) is 6.34. The van der Waals surface area contributed by atoms with Crippen LogP contribution in [-0.2, 0) is 10.1 Å². The van der Waals surface area contributed by atoms with Crippen molar-refractivity contribution in [3.63, 3.8) is 0 Å². The first kappa shape index (κ1) is 14.9. The highest BCUT2D eigenvalue weighted by molar-refractivity contribution is 9.10. The lowest BCUT2D eigenvalue weighted by Crippen LogP contribution is -2.10. The van der Waals surface area contributed by atoms with Crippen LogP contribution in [0, 0.1) is 0 Å². The maximum Gasteiger partial charge on any atom is 0.339 e. The Morgan fingerprint density at radius 3 is 2.40 bits per heavy atom. The van der Waals surface area contributed by atoms with Gasteiger partial charge in [-0.25, -0.2) is 0 Å². The van der Waals surface area contributed by atoms with Crippen LogP contribution in [0.2, 0.25) is 0 Å². The Morgan fingerprint density at radius 2 is 1.75 bits per heavy atom. The van der Waals surface area contributed by atoms with Gasteiger partial charge in [-0.05, 0) is 37.3 Å². The third kappa shape index (κ3) is 3.52. The molecule has 2 aromatic rings. The van der Waals surface area contributed by atoms with Crippen LogP contribution in [0.4, 0.5) is 0 Å². The second kappa shape index (κ2) is 6.28. The van der Waals surface area contributed by atoms with Crippen LogP contribution in [0.3, 0.4) is 0 Å². The van der Waals surface area contributed by atoms with Crippen LogP contribution >= 0.6 is 15.9 Å². The first-order chi connectivity index (χ1) is 9.53. The van der Waals surface area contributed by atoms with Crippen LogP contribution < -0.4 is 8.92 Å². The third-order valence-corrected chi connectivity index (χ3v) is 4.16. The lowest BCUT2D eigenvalue weighted by atomic mass is 10.3. The van der Waals surface area contributed by atoms with E-state index >= 15 is 0 Å². The molecule has 0 aliphatic rings. The molecular formula is C14H13BrO4S. The van der Waals surface area contributed by atoms with Gasteiger partial charge in [0.05, 0.1) is 6.61 Å². The Labute approximate surface area is 126 Å². The molecule has 2 aromatic carbocycles. The lowest BCUT2D eigenvalue weighted by Gasteiger charge is -2.11. The molecule has 0 amide bonds. The highest BCUT2D eigenvalue weighted by Crippen LogP contribution is 2.29. The molecule has 4 nitrogen and oxygen atoms in total. The van der Waals surface area contributed by atoms with Crippen molar-refractivity contribution in [3.05, 3.63) is 53.0 Å². The SMILES string of the molecule is CCOc1ccccc1OS(=O)(=O)c1cccc(Br)c1. The van der Waals surface area contributed by atoms with Gasteiger partial charge in [0, 0.05) is 4.47 Å². The van der Waals surface area contributed by atoms with Gasteiger partial charge >= 0.3 is 10.1 Å². The molecule has 106 valence electrons. The van der Waals surface area contributed by atoms with Crippen molar-refractivity contribution in [1.82, 2.24) is 0 Å². The monoisotopic (exact) mass is 356 g/mol. The molecule has 0 N–H and O–H groups in total. The Morgan fingerprint density at radius 1 is 1.05 bits per heavy atom. The molecule has 0 aromatic heterocycles. The van der Waals surface area contributed by atoms with Crippen LogP contribution in [0.5, 0.6) is 11.5 Å². The molecule has 0 aliphatic carbocycles. The summed E-state index contributed by atoms with van der Waals surface area (Å²) in [6, 6.07) is 13.0. The van der Waals surface area contributed by atoms with Gasteiger partial charge in [0.1, 0.15) is 4.90 Å². The number of ether oxygens (including phenoxy) is 1. The summed E-state index contributed by atoms with van der Waals surface area (Å²) in [5, 5.41) is 0. The predicted octanol–water partition coefficient (Wildman–Crippen LogP) is 3.62. The van der Waals surface area contributed by atoms with E-state index in [1.165, 1.54) is 12.1 Å². The Kier molecular flexibility index (Phi) is 4.67. The molecule has 20 heavy (non-hydrogen) atoms. The first-order valence-electron chi connectivity index (χ1n) is 5.95. The van der Waals surface area contributed by atoms with Crippen molar-refractivity contribution < 1.29 is 17.3 Å². The smallest absolute Gasteiger partial charge is 0.339 e. The van der Waals surface area contributed by atoms with Crippen molar-refractivity contribution in [1.29, 1.82) is 0 Å². The minimum Gasteiger partial charge on any atom is -0.490 e. The van der Waals surface area contributed by atoms with E-state index in [2.05, 4.69) is 15.9 Å². The van der Waals surface area contributed by atoms with Crippen LogP contribution in [0.15, 0.2) is 57.9 Å². The first-order valence-corrected chi connectivity index (χ1v) is 8.15. The highest BCUT2D eigenvalue weighted by atomic mass is 79.9. The Balaban J connectivity index is 2.34. The maximum absolute atomic E-state index is 12.2. The van der Waals surface area contributed by atoms with Gasteiger partial charge in [0.2, 0.25) is 0 Å². The second-order valence-electron chi connectivity index (χ2n) is 3.87. The van der Waals surface area contributed by atoms with Crippen LogP contribution in [-0.4, -0.2) is 15.0 Å². The topological polar surface area (TPSA) is 52.6 Å². The molecule has 0 aliphatic heterocycles. The van der Waals surface area contributed by atoms with E-state index in [4.69, 9.17) is 8.92 Å². The third-order valence-electron chi connectivity index (χ3n) is 2.43. The van der Waals surface area contributed by atoms with Crippen molar-refractivity contribution in [2.75, 3.05) is 6.61 Å². The van der Waals surface area contributed by atoms with Crippen molar-refractivity contribution in [2.45, 2.75) is 11.8 Å². The molecule has 0 unspecified atom stereocenters. The summed E-state index contributed by atoms with van der Waals surface area (Å²) >= 11 is 3.23. The molecule has 0 heterocycles. The van der Waals surface area contributed by atoms with E-state index in [1.54, 1.807) is 36.4 Å². The number of hydrogen-bond donors (Lipinski definition) is 0. The number of hydrogen-bond acceptors (Lipinski definition) is 4. The zero-order valence-electron chi connectivity index (χ0n) is 10.7. The van der Waals surface area contributed by atoms with Gasteiger partial charge in [0.15, 0.2) is 11.5 Å². The van der Waals surface area contributed by atoms with Gasteiger partial charge in [0.25, 0.3) is 0 Å². The van der Waals surface area contributed by atoms with E-state index in [9.17, 15) is 8.42 Å². The number of benzene rings is 2. The maximum atomic E-state index is 12.2. The largest absolute Gasteiger partial charge is 0.490 e. The van der Waals surface area contributed by atoms with E-state index in [0.717, 1.165) is 0 Å². The number of para-hydroxylation sites is 2. The van der Waals surface area contributed by atoms with Gasteiger partial charge in [-0.15, -0.1) is 0 Å². The summed E-state index contributed by atoms with van der Waals surface area (Å²) < 4.78 is 35.6. The zero-order chi connectivity index (χ0) is 14.6. The van der Waals surface area contributed by atoms with E-state index in [-0.39, 0.29) is 10.6 Å². The molecular weight excluding hydrogens is 344 g/mol. The average molecular weight is 357 g/mol. The summed E-state index contributed by atoms with van der Waals surface area (Å²) in [5.74, 6) is 0.572. The van der Waals surface area contributed by atoms with Crippen molar-refractivity contribution in [2.24, 2.45) is 0 Å². The Bertz CT molecular complexity index is 698.